The van der Waals surface area contributed by atoms with Gasteiger partial charge in [0, 0.05) is 24.0 Å². The minimum Gasteiger partial charge on any atom is -0.380 e. The summed E-state index contributed by atoms with van der Waals surface area (Å²) in [6.07, 6.45) is 3.86. The van der Waals surface area contributed by atoms with Crippen molar-refractivity contribution in [3.8, 4) is 0 Å². The fourth-order valence-electron chi connectivity index (χ4n) is 1.96. The lowest BCUT2D eigenvalue weighted by Gasteiger charge is -2.27. The fourth-order valence-corrected chi connectivity index (χ4v) is 1.96. The molecule has 0 aliphatic heterocycles. The molecule has 0 aliphatic rings. The number of aromatic nitrogens is 1. The minimum atomic E-state index is -0.130. The predicted octanol–water partition coefficient (Wildman–Crippen LogP) is 2.82. The summed E-state index contributed by atoms with van der Waals surface area (Å²) in [5, 5.41) is 6.18. The first-order valence-electron chi connectivity index (χ1n) is 6.51. The summed E-state index contributed by atoms with van der Waals surface area (Å²) >= 11 is 0. The van der Waals surface area contributed by atoms with Crippen LogP contribution in [0, 0.1) is 0 Å². The van der Waals surface area contributed by atoms with Crippen LogP contribution in [0.1, 0.15) is 51.0 Å². The monoisotopic (exact) mass is 249 g/mol. The van der Waals surface area contributed by atoms with E-state index in [1.54, 1.807) is 12.3 Å². The molecular formula is C14H23N3O. The first-order valence-corrected chi connectivity index (χ1v) is 6.51. The Morgan fingerprint density at radius 2 is 2.11 bits per heavy atom. The Bertz CT molecular complexity index is 402. The standard InChI is InChI=1S/C14H23N3O/c1-5-8-14(3,4)17-11-7-9-16-12(10-11)13(18)15-6-2/h7,9-10H,5-6,8H2,1-4H3,(H,15,18)(H,16,17). The Hall–Kier alpha value is -1.58. The van der Waals surface area contributed by atoms with Crippen LogP contribution in [0.15, 0.2) is 18.3 Å². The summed E-state index contributed by atoms with van der Waals surface area (Å²) in [6, 6.07) is 3.68. The number of amides is 1. The molecule has 0 saturated carbocycles. The molecular weight excluding hydrogens is 226 g/mol. The Balaban J connectivity index is 2.79. The van der Waals surface area contributed by atoms with Crippen LogP contribution in [0.4, 0.5) is 5.69 Å². The number of nitrogens with zero attached hydrogens (tertiary/aromatic N) is 1. The average molecular weight is 249 g/mol. The van der Waals surface area contributed by atoms with Gasteiger partial charge >= 0.3 is 0 Å². The lowest BCUT2D eigenvalue weighted by atomic mass is 9.98. The average Bonchev–Trinajstić information content (AvgIpc) is 2.28. The third kappa shape index (κ3) is 4.35. The maximum absolute atomic E-state index is 11.7. The van der Waals surface area contributed by atoms with Gasteiger partial charge in [-0.2, -0.15) is 0 Å². The van der Waals surface area contributed by atoms with E-state index in [1.807, 2.05) is 13.0 Å². The molecule has 1 aromatic rings. The molecule has 1 amide bonds. The predicted molar refractivity (Wildman–Crippen MR) is 74.9 cm³/mol. The first-order chi connectivity index (χ1) is 8.48. The number of anilines is 1. The molecule has 0 saturated heterocycles. The topological polar surface area (TPSA) is 54.0 Å². The zero-order chi connectivity index (χ0) is 13.6. The van der Waals surface area contributed by atoms with Crippen LogP contribution in [0.25, 0.3) is 0 Å². The highest BCUT2D eigenvalue weighted by Crippen LogP contribution is 2.19. The van der Waals surface area contributed by atoms with Crippen molar-refractivity contribution in [1.82, 2.24) is 10.3 Å². The van der Waals surface area contributed by atoms with Gasteiger partial charge in [-0.05, 0) is 39.3 Å². The van der Waals surface area contributed by atoms with Crippen LogP contribution in [0.2, 0.25) is 0 Å². The van der Waals surface area contributed by atoms with Crippen molar-refractivity contribution < 1.29 is 4.79 Å². The molecule has 0 atom stereocenters. The molecule has 1 rings (SSSR count). The summed E-state index contributed by atoms with van der Waals surface area (Å²) < 4.78 is 0. The van der Waals surface area contributed by atoms with E-state index in [0.717, 1.165) is 18.5 Å². The van der Waals surface area contributed by atoms with E-state index >= 15 is 0 Å². The summed E-state index contributed by atoms with van der Waals surface area (Å²) in [5.74, 6) is -0.130. The molecule has 0 bridgehead atoms. The van der Waals surface area contributed by atoms with Gasteiger partial charge in [-0.25, -0.2) is 0 Å². The zero-order valence-corrected chi connectivity index (χ0v) is 11.7. The van der Waals surface area contributed by atoms with Crippen molar-refractivity contribution in [2.75, 3.05) is 11.9 Å². The van der Waals surface area contributed by atoms with E-state index in [-0.39, 0.29) is 11.4 Å². The lowest BCUT2D eigenvalue weighted by molar-refractivity contribution is 0.0951. The quantitative estimate of drug-likeness (QED) is 0.815. The highest BCUT2D eigenvalue weighted by molar-refractivity contribution is 5.93. The Morgan fingerprint density at radius 3 is 2.72 bits per heavy atom. The first kappa shape index (κ1) is 14.5. The number of rotatable bonds is 6. The van der Waals surface area contributed by atoms with Crippen molar-refractivity contribution >= 4 is 11.6 Å². The van der Waals surface area contributed by atoms with Gasteiger partial charge in [-0.3, -0.25) is 9.78 Å². The van der Waals surface area contributed by atoms with Crippen molar-refractivity contribution in [2.45, 2.75) is 46.1 Å². The number of carbonyl (C=O) groups excluding carboxylic acids is 1. The van der Waals surface area contributed by atoms with Gasteiger partial charge in [-0.15, -0.1) is 0 Å². The number of hydrogen-bond acceptors (Lipinski definition) is 3. The number of hydrogen-bond donors (Lipinski definition) is 2. The molecule has 0 radical (unpaired) electrons. The van der Waals surface area contributed by atoms with Crippen LogP contribution in [0.5, 0.6) is 0 Å². The molecule has 1 heterocycles. The van der Waals surface area contributed by atoms with Gasteiger partial charge in [0.25, 0.3) is 5.91 Å². The van der Waals surface area contributed by atoms with Gasteiger partial charge < -0.3 is 10.6 Å². The molecule has 4 heteroatoms. The second kappa shape index (κ2) is 6.38. The second-order valence-corrected chi connectivity index (χ2v) is 5.05. The van der Waals surface area contributed by atoms with Crippen LogP contribution in [0.3, 0.4) is 0 Å². The molecule has 0 unspecified atom stereocenters. The van der Waals surface area contributed by atoms with E-state index in [9.17, 15) is 4.79 Å². The summed E-state index contributed by atoms with van der Waals surface area (Å²) in [5.41, 5.74) is 1.41. The number of carbonyl (C=O) groups is 1. The summed E-state index contributed by atoms with van der Waals surface area (Å²) in [4.78, 5) is 15.8. The van der Waals surface area contributed by atoms with Crippen LogP contribution in [-0.2, 0) is 0 Å². The highest BCUT2D eigenvalue weighted by atomic mass is 16.1. The van der Waals surface area contributed by atoms with Gasteiger partial charge in [0.15, 0.2) is 0 Å². The molecule has 0 spiro atoms. The van der Waals surface area contributed by atoms with E-state index < -0.39 is 0 Å². The Kier molecular flexibility index (Phi) is 5.13. The number of pyridine rings is 1. The maximum Gasteiger partial charge on any atom is 0.269 e. The van der Waals surface area contributed by atoms with Crippen LogP contribution >= 0.6 is 0 Å². The zero-order valence-electron chi connectivity index (χ0n) is 11.7. The Morgan fingerprint density at radius 1 is 1.39 bits per heavy atom. The van der Waals surface area contributed by atoms with E-state index in [0.29, 0.717) is 12.2 Å². The second-order valence-electron chi connectivity index (χ2n) is 5.05. The summed E-state index contributed by atoms with van der Waals surface area (Å²) in [7, 11) is 0. The van der Waals surface area contributed by atoms with Crippen molar-refractivity contribution in [3.63, 3.8) is 0 Å². The normalized spacial score (nSPS) is 11.1. The minimum absolute atomic E-state index is 0.0224. The van der Waals surface area contributed by atoms with Crippen molar-refractivity contribution in [3.05, 3.63) is 24.0 Å². The smallest absolute Gasteiger partial charge is 0.269 e. The summed E-state index contributed by atoms with van der Waals surface area (Å²) in [6.45, 7) is 8.98. The molecule has 100 valence electrons. The van der Waals surface area contributed by atoms with Crippen molar-refractivity contribution in [1.29, 1.82) is 0 Å². The Labute approximate surface area is 109 Å². The fraction of sp³-hybridized carbons (Fsp3) is 0.571. The molecule has 18 heavy (non-hydrogen) atoms. The van der Waals surface area contributed by atoms with Crippen LogP contribution in [-0.4, -0.2) is 23.0 Å². The highest BCUT2D eigenvalue weighted by Gasteiger charge is 2.16. The molecule has 0 fully saturated rings. The van der Waals surface area contributed by atoms with E-state index in [2.05, 4.69) is 36.4 Å². The molecule has 2 N–H and O–H groups in total. The third-order valence-corrected chi connectivity index (χ3v) is 2.69. The van der Waals surface area contributed by atoms with Gasteiger partial charge in [0.1, 0.15) is 5.69 Å². The largest absolute Gasteiger partial charge is 0.380 e. The van der Waals surface area contributed by atoms with Crippen LogP contribution < -0.4 is 10.6 Å². The number of nitrogens with one attached hydrogen (secondary N) is 2. The molecule has 1 aromatic heterocycles. The molecule has 0 aromatic carbocycles. The maximum atomic E-state index is 11.7. The third-order valence-electron chi connectivity index (χ3n) is 2.69. The lowest BCUT2D eigenvalue weighted by Crippen LogP contribution is -2.31. The van der Waals surface area contributed by atoms with Gasteiger partial charge in [0.05, 0.1) is 0 Å². The van der Waals surface area contributed by atoms with Crippen molar-refractivity contribution in [2.24, 2.45) is 0 Å². The SMILES string of the molecule is CCCC(C)(C)Nc1ccnc(C(=O)NCC)c1. The molecule has 4 nitrogen and oxygen atoms in total. The van der Waals surface area contributed by atoms with Gasteiger partial charge in [0.2, 0.25) is 0 Å². The van der Waals surface area contributed by atoms with Gasteiger partial charge in [-0.1, -0.05) is 13.3 Å². The van der Waals surface area contributed by atoms with E-state index in [1.165, 1.54) is 0 Å². The van der Waals surface area contributed by atoms with E-state index in [4.69, 9.17) is 0 Å². The molecule has 0 aliphatic carbocycles.